The van der Waals surface area contributed by atoms with Crippen molar-refractivity contribution in [2.45, 2.75) is 19.1 Å². The fourth-order valence-corrected chi connectivity index (χ4v) is 3.07. The summed E-state index contributed by atoms with van der Waals surface area (Å²) in [6.07, 6.45) is -3.88. The Morgan fingerprint density at radius 3 is 2.31 bits per heavy atom. The molecular formula is C19H18F3NO3. The van der Waals surface area contributed by atoms with Crippen molar-refractivity contribution in [1.29, 1.82) is 0 Å². The Bertz CT molecular complexity index is 833. The molecule has 1 heterocycles. The fourth-order valence-electron chi connectivity index (χ4n) is 3.07. The number of methoxy groups -OCH3 is 2. The number of nitrogens with zero attached hydrogens (tertiary/aromatic N) is 1. The topological polar surface area (TPSA) is 38.8 Å². The third-order valence-corrected chi connectivity index (χ3v) is 4.44. The minimum atomic E-state index is -4.48. The van der Waals surface area contributed by atoms with Gasteiger partial charge < -0.3 is 14.4 Å². The quantitative estimate of drug-likeness (QED) is 0.828. The van der Waals surface area contributed by atoms with Crippen LogP contribution >= 0.6 is 0 Å². The second-order valence-electron chi connectivity index (χ2n) is 6.03. The van der Waals surface area contributed by atoms with E-state index in [1.165, 1.54) is 19.2 Å². The lowest BCUT2D eigenvalue weighted by molar-refractivity contribution is -0.137. The van der Waals surface area contributed by atoms with Crippen LogP contribution in [0.25, 0.3) is 0 Å². The van der Waals surface area contributed by atoms with Gasteiger partial charge in [-0.25, -0.2) is 0 Å². The predicted octanol–water partition coefficient (Wildman–Crippen LogP) is 3.92. The summed E-state index contributed by atoms with van der Waals surface area (Å²) in [4.78, 5) is 14.2. The summed E-state index contributed by atoms with van der Waals surface area (Å²) in [5, 5.41) is 0. The van der Waals surface area contributed by atoms with Gasteiger partial charge in [0.1, 0.15) is 0 Å². The van der Waals surface area contributed by atoms with Gasteiger partial charge in [-0.1, -0.05) is 6.07 Å². The van der Waals surface area contributed by atoms with Gasteiger partial charge in [0.25, 0.3) is 5.91 Å². The molecule has 1 amide bonds. The molecule has 0 spiro atoms. The molecule has 7 heteroatoms. The molecule has 0 radical (unpaired) electrons. The van der Waals surface area contributed by atoms with Crippen molar-refractivity contribution < 1.29 is 27.4 Å². The Balaban J connectivity index is 1.86. The smallest absolute Gasteiger partial charge is 0.416 e. The fraction of sp³-hybridized carbons (Fsp3) is 0.316. The largest absolute Gasteiger partial charge is 0.493 e. The maximum absolute atomic E-state index is 12.9. The van der Waals surface area contributed by atoms with E-state index in [1.54, 1.807) is 18.1 Å². The highest BCUT2D eigenvalue weighted by Crippen LogP contribution is 2.34. The van der Waals surface area contributed by atoms with Crippen molar-refractivity contribution in [2.24, 2.45) is 0 Å². The van der Waals surface area contributed by atoms with Crippen LogP contribution in [-0.4, -0.2) is 31.6 Å². The molecule has 3 rings (SSSR count). The van der Waals surface area contributed by atoms with Gasteiger partial charge >= 0.3 is 6.18 Å². The van der Waals surface area contributed by atoms with Gasteiger partial charge in [0.15, 0.2) is 11.5 Å². The average molecular weight is 365 g/mol. The molecule has 0 aliphatic carbocycles. The summed E-state index contributed by atoms with van der Waals surface area (Å²) >= 11 is 0. The number of carbonyl (C=O) groups excluding carboxylic acids is 1. The monoisotopic (exact) mass is 365 g/mol. The van der Waals surface area contributed by atoms with Crippen molar-refractivity contribution in [1.82, 2.24) is 4.90 Å². The lowest BCUT2D eigenvalue weighted by Crippen LogP contribution is -2.36. The molecule has 0 saturated carbocycles. The molecule has 0 atom stereocenters. The van der Waals surface area contributed by atoms with E-state index in [0.717, 1.165) is 23.3 Å². The van der Waals surface area contributed by atoms with Crippen LogP contribution in [0.3, 0.4) is 0 Å². The molecule has 0 aromatic heterocycles. The summed E-state index contributed by atoms with van der Waals surface area (Å²) in [6, 6.07) is 8.19. The highest BCUT2D eigenvalue weighted by Gasteiger charge is 2.31. The first kappa shape index (κ1) is 18.1. The summed E-state index contributed by atoms with van der Waals surface area (Å²) in [5.74, 6) is 0.750. The first-order chi connectivity index (χ1) is 12.3. The number of alkyl halides is 3. The molecule has 1 aliphatic heterocycles. The summed E-state index contributed by atoms with van der Waals surface area (Å²) in [5.41, 5.74) is 1.14. The normalized spacial score (nSPS) is 14.0. The third-order valence-electron chi connectivity index (χ3n) is 4.44. The Morgan fingerprint density at radius 2 is 1.69 bits per heavy atom. The first-order valence-electron chi connectivity index (χ1n) is 8.04. The Hall–Kier alpha value is -2.70. The van der Waals surface area contributed by atoms with Crippen LogP contribution in [0.5, 0.6) is 11.5 Å². The number of benzene rings is 2. The number of halogens is 3. The third kappa shape index (κ3) is 3.47. The second-order valence-corrected chi connectivity index (χ2v) is 6.03. The van der Waals surface area contributed by atoms with Gasteiger partial charge in [0.05, 0.1) is 19.8 Å². The van der Waals surface area contributed by atoms with Gasteiger partial charge in [-0.3, -0.25) is 4.79 Å². The Kier molecular flexibility index (Phi) is 4.80. The lowest BCUT2D eigenvalue weighted by Gasteiger charge is -2.30. The molecule has 2 aromatic rings. The lowest BCUT2D eigenvalue weighted by atomic mass is 9.98. The minimum Gasteiger partial charge on any atom is -0.493 e. The molecule has 0 saturated heterocycles. The van der Waals surface area contributed by atoms with Crippen LogP contribution < -0.4 is 9.47 Å². The zero-order valence-corrected chi connectivity index (χ0v) is 14.4. The van der Waals surface area contributed by atoms with Crippen LogP contribution in [0, 0.1) is 0 Å². The predicted molar refractivity (Wildman–Crippen MR) is 89.4 cm³/mol. The van der Waals surface area contributed by atoms with E-state index >= 15 is 0 Å². The molecule has 138 valence electrons. The van der Waals surface area contributed by atoms with Crippen LogP contribution in [0.2, 0.25) is 0 Å². The first-order valence-corrected chi connectivity index (χ1v) is 8.04. The second kappa shape index (κ2) is 6.90. The maximum atomic E-state index is 12.9. The number of fused-ring (bicyclic) bond motifs is 1. The Labute approximate surface area is 149 Å². The van der Waals surface area contributed by atoms with Crippen LogP contribution in [0.1, 0.15) is 27.0 Å². The highest BCUT2D eigenvalue weighted by molar-refractivity contribution is 5.94. The van der Waals surface area contributed by atoms with E-state index in [2.05, 4.69) is 0 Å². The van der Waals surface area contributed by atoms with Crippen molar-refractivity contribution in [3.05, 3.63) is 58.7 Å². The number of carbonyl (C=O) groups is 1. The van der Waals surface area contributed by atoms with Gasteiger partial charge in [-0.15, -0.1) is 0 Å². The zero-order chi connectivity index (χ0) is 18.9. The van der Waals surface area contributed by atoms with E-state index in [1.807, 2.05) is 6.07 Å². The molecule has 26 heavy (non-hydrogen) atoms. The van der Waals surface area contributed by atoms with Gasteiger partial charge in [0, 0.05) is 18.7 Å². The van der Waals surface area contributed by atoms with E-state index in [9.17, 15) is 18.0 Å². The number of rotatable bonds is 3. The van der Waals surface area contributed by atoms with Crippen LogP contribution in [-0.2, 0) is 19.1 Å². The molecule has 2 aromatic carbocycles. The van der Waals surface area contributed by atoms with Crippen molar-refractivity contribution in [3.8, 4) is 11.5 Å². The summed E-state index contributed by atoms with van der Waals surface area (Å²) in [7, 11) is 3.08. The molecule has 1 aliphatic rings. The van der Waals surface area contributed by atoms with Gasteiger partial charge in [0.2, 0.25) is 0 Å². The van der Waals surface area contributed by atoms with Crippen molar-refractivity contribution in [2.75, 3.05) is 20.8 Å². The van der Waals surface area contributed by atoms with E-state index in [-0.39, 0.29) is 5.56 Å². The van der Waals surface area contributed by atoms with Gasteiger partial charge in [-0.2, -0.15) is 13.2 Å². The molecule has 0 N–H and O–H groups in total. The van der Waals surface area contributed by atoms with E-state index in [4.69, 9.17) is 9.47 Å². The number of hydrogen-bond acceptors (Lipinski definition) is 3. The van der Waals surface area contributed by atoms with Crippen LogP contribution in [0.4, 0.5) is 13.2 Å². The number of amides is 1. The van der Waals surface area contributed by atoms with Crippen molar-refractivity contribution in [3.63, 3.8) is 0 Å². The number of hydrogen-bond donors (Lipinski definition) is 0. The van der Waals surface area contributed by atoms with Crippen LogP contribution in [0.15, 0.2) is 36.4 Å². The number of ether oxygens (including phenoxy) is 2. The SMILES string of the molecule is COc1cc2c(cc1OC)CN(C(=O)c1cccc(C(F)(F)F)c1)CC2. The van der Waals surface area contributed by atoms with Gasteiger partial charge in [-0.05, 0) is 47.9 Å². The summed E-state index contributed by atoms with van der Waals surface area (Å²) < 4.78 is 49.2. The Morgan fingerprint density at radius 1 is 1.04 bits per heavy atom. The molecule has 0 unspecified atom stereocenters. The minimum absolute atomic E-state index is 0.0313. The standard InChI is InChI=1S/C19H18F3NO3/c1-25-16-9-12-6-7-23(11-14(12)10-17(16)26-2)18(24)13-4-3-5-15(8-13)19(20,21)22/h3-5,8-10H,6-7,11H2,1-2H3. The van der Waals surface area contributed by atoms with E-state index < -0.39 is 17.6 Å². The maximum Gasteiger partial charge on any atom is 0.416 e. The average Bonchev–Trinajstić information content (AvgIpc) is 2.65. The molecular weight excluding hydrogens is 347 g/mol. The van der Waals surface area contributed by atoms with E-state index in [0.29, 0.717) is 31.0 Å². The molecule has 0 fully saturated rings. The summed E-state index contributed by atoms with van der Waals surface area (Å²) in [6.45, 7) is 0.738. The van der Waals surface area contributed by atoms with Crippen molar-refractivity contribution >= 4 is 5.91 Å². The molecule has 0 bridgehead atoms. The highest BCUT2D eigenvalue weighted by atomic mass is 19.4. The molecule has 4 nitrogen and oxygen atoms in total. The zero-order valence-electron chi connectivity index (χ0n) is 14.4.